The highest BCUT2D eigenvalue weighted by atomic mass is 32.2. The molecule has 4 aliphatic heterocycles. The molecule has 0 spiro atoms. The molecule has 0 aromatic carbocycles. The van der Waals surface area contributed by atoms with Crippen molar-refractivity contribution in [2.24, 2.45) is 0 Å². The maximum Gasteiger partial charge on any atom is 0.357 e. The van der Waals surface area contributed by atoms with Gasteiger partial charge in [0, 0.05) is 5.75 Å². The lowest BCUT2D eigenvalue weighted by molar-refractivity contribution is -0.175. The molecule has 3 saturated heterocycles. The van der Waals surface area contributed by atoms with Crippen molar-refractivity contribution in [3.05, 3.63) is 11.3 Å². The molecule has 4 aliphatic rings. The molecule has 3 unspecified atom stereocenters. The summed E-state index contributed by atoms with van der Waals surface area (Å²) >= 11 is 1.56. The summed E-state index contributed by atoms with van der Waals surface area (Å²) in [5, 5.41) is -1.11. The number of fused-ring (bicyclic) bond motifs is 2. The summed E-state index contributed by atoms with van der Waals surface area (Å²) in [4.78, 5) is 51.0. The monoisotopic (exact) mass is 444 g/mol. The van der Waals surface area contributed by atoms with Crippen molar-refractivity contribution in [2.45, 2.75) is 55.1 Å². The molecule has 29 heavy (non-hydrogen) atoms. The number of β-lactam (4-membered cyclic amide) rings is 2. The van der Waals surface area contributed by atoms with Crippen molar-refractivity contribution in [1.29, 1.82) is 0 Å². The lowest BCUT2D eigenvalue weighted by atomic mass is 9.98. The summed E-state index contributed by atoms with van der Waals surface area (Å²) in [5.41, 5.74) is 0.843. The third kappa shape index (κ3) is 2.71. The van der Waals surface area contributed by atoms with Crippen molar-refractivity contribution in [1.82, 2.24) is 9.80 Å². The number of nitrogens with zero attached hydrogens (tertiary/aromatic N) is 2. The highest BCUT2D eigenvalue weighted by Gasteiger charge is 2.68. The fraction of sp³-hybridized carbons (Fsp3) is 0.647. The molecular formula is C17H20N2O8S2. The summed E-state index contributed by atoms with van der Waals surface area (Å²) < 4.78 is 33.6. The molecule has 4 heterocycles. The van der Waals surface area contributed by atoms with Crippen LogP contribution in [-0.4, -0.2) is 76.1 Å². The number of carbonyl (C=O) groups excluding carboxylic acids is 4. The Morgan fingerprint density at radius 3 is 2.48 bits per heavy atom. The first-order chi connectivity index (χ1) is 13.5. The molecule has 0 aromatic heterocycles. The van der Waals surface area contributed by atoms with Gasteiger partial charge in [-0.3, -0.25) is 14.5 Å². The van der Waals surface area contributed by atoms with E-state index in [4.69, 9.17) is 9.47 Å². The van der Waals surface area contributed by atoms with E-state index in [1.807, 2.05) is 0 Å². The van der Waals surface area contributed by atoms with Gasteiger partial charge >= 0.3 is 11.9 Å². The van der Waals surface area contributed by atoms with Crippen molar-refractivity contribution in [3.8, 4) is 0 Å². The van der Waals surface area contributed by atoms with Crippen LogP contribution in [0.1, 0.15) is 33.6 Å². The Balaban J connectivity index is 1.41. The summed E-state index contributed by atoms with van der Waals surface area (Å²) in [5.74, 6) is -1.77. The number of thioether (sulfide) groups is 1. The van der Waals surface area contributed by atoms with Crippen LogP contribution in [-0.2, 0) is 38.5 Å². The summed E-state index contributed by atoms with van der Waals surface area (Å²) in [6.07, 6.45) is 0.209. The van der Waals surface area contributed by atoms with E-state index in [2.05, 4.69) is 0 Å². The average molecular weight is 444 g/mol. The maximum atomic E-state index is 12.5. The van der Waals surface area contributed by atoms with Crippen molar-refractivity contribution >= 4 is 45.4 Å². The van der Waals surface area contributed by atoms with E-state index in [-0.39, 0.29) is 23.4 Å². The summed E-state index contributed by atoms with van der Waals surface area (Å²) in [7, 11) is -3.73. The van der Waals surface area contributed by atoms with Crippen LogP contribution in [0.5, 0.6) is 0 Å². The third-order valence-corrected chi connectivity index (χ3v) is 9.99. The van der Waals surface area contributed by atoms with Crippen LogP contribution in [0, 0.1) is 0 Å². The molecule has 0 saturated carbocycles. The first-order valence-electron chi connectivity index (χ1n) is 9.00. The first-order valence-corrected chi connectivity index (χ1v) is 11.6. The minimum atomic E-state index is -3.73. The predicted octanol–water partition coefficient (Wildman–Crippen LogP) is -0.256. The molecule has 3 fully saturated rings. The van der Waals surface area contributed by atoms with Gasteiger partial charge in [-0.2, -0.15) is 0 Å². The largest absolute Gasteiger partial charge is 0.426 e. The van der Waals surface area contributed by atoms with Crippen LogP contribution in [0.3, 0.4) is 0 Å². The van der Waals surface area contributed by atoms with Crippen LogP contribution in [0.4, 0.5) is 0 Å². The van der Waals surface area contributed by atoms with Gasteiger partial charge in [0.05, 0.1) is 23.0 Å². The van der Waals surface area contributed by atoms with E-state index in [1.165, 1.54) is 18.7 Å². The van der Waals surface area contributed by atoms with Gasteiger partial charge in [-0.05, 0) is 26.3 Å². The van der Waals surface area contributed by atoms with Crippen LogP contribution < -0.4 is 0 Å². The Labute approximate surface area is 171 Å². The fourth-order valence-corrected chi connectivity index (χ4v) is 7.39. The molecule has 12 heteroatoms. The number of hydrogen-bond donors (Lipinski definition) is 0. The minimum absolute atomic E-state index is 0.0878. The SMILES string of the molecule is CC1=C(C(=O)OCOC(=O)C2N3C(=O)CC3S(=O)(=O)C2(C)C)N2C(=O)CC2SC1. The molecule has 4 rings (SSSR count). The Morgan fingerprint density at radius 2 is 1.86 bits per heavy atom. The fourth-order valence-electron chi connectivity index (χ4n) is 4.05. The van der Waals surface area contributed by atoms with Gasteiger partial charge in [-0.25, -0.2) is 18.0 Å². The molecule has 0 aromatic rings. The third-order valence-electron chi connectivity index (χ3n) is 5.83. The van der Waals surface area contributed by atoms with E-state index < -0.39 is 50.6 Å². The van der Waals surface area contributed by atoms with Gasteiger partial charge in [-0.1, -0.05) is 0 Å². The standard InChI is InChI=1S/C17H20N2O8S2/c1-8-6-28-11-4-9(20)18(11)13(8)15(22)26-7-27-16(23)14-17(2,3)29(24,25)12-5-10(21)19(12)14/h11-12,14H,4-7H2,1-3H3. The van der Waals surface area contributed by atoms with Gasteiger partial charge in [0.1, 0.15) is 17.1 Å². The molecule has 3 atom stereocenters. The number of esters is 2. The number of ether oxygens (including phenoxy) is 2. The Morgan fingerprint density at radius 1 is 1.17 bits per heavy atom. The molecule has 2 amide bonds. The number of rotatable bonds is 4. The number of sulfone groups is 1. The topological polar surface area (TPSA) is 127 Å². The second kappa shape index (κ2) is 6.46. The quantitative estimate of drug-likeness (QED) is 0.327. The molecule has 0 N–H and O–H groups in total. The second-order valence-corrected chi connectivity index (χ2v) is 11.7. The van der Waals surface area contributed by atoms with E-state index in [0.29, 0.717) is 17.7 Å². The van der Waals surface area contributed by atoms with Gasteiger partial charge in [-0.15, -0.1) is 11.8 Å². The average Bonchev–Trinajstić information content (AvgIpc) is 2.75. The maximum absolute atomic E-state index is 12.5. The number of amides is 2. The predicted molar refractivity (Wildman–Crippen MR) is 99.5 cm³/mol. The zero-order chi connectivity index (χ0) is 21.3. The van der Waals surface area contributed by atoms with Crippen LogP contribution >= 0.6 is 11.8 Å². The lowest BCUT2D eigenvalue weighted by Gasteiger charge is -2.43. The Bertz CT molecular complexity index is 970. The Kier molecular flexibility index (Phi) is 4.50. The normalized spacial score (nSPS) is 31.5. The zero-order valence-electron chi connectivity index (χ0n) is 16.0. The second-order valence-electron chi connectivity index (χ2n) is 7.89. The minimum Gasteiger partial charge on any atom is -0.426 e. The Hall–Kier alpha value is -2.08. The van der Waals surface area contributed by atoms with E-state index in [0.717, 1.165) is 4.90 Å². The van der Waals surface area contributed by atoms with Gasteiger partial charge in [0.25, 0.3) is 0 Å². The van der Waals surface area contributed by atoms with E-state index in [9.17, 15) is 27.6 Å². The van der Waals surface area contributed by atoms with E-state index in [1.54, 1.807) is 18.7 Å². The first kappa shape index (κ1) is 20.2. The smallest absolute Gasteiger partial charge is 0.357 e. The molecule has 0 bridgehead atoms. The molecule has 10 nitrogen and oxygen atoms in total. The molecule has 0 aliphatic carbocycles. The number of hydrogen-bond acceptors (Lipinski definition) is 9. The molecule has 158 valence electrons. The van der Waals surface area contributed by atoms with Crippen LogP contribution in [0.25, 0.3) is 0 Å². The van der Waals surface area contributed by atoms with Crippen LogP contribution in [0.2, 0.25) is 0 Å². The van der Waals surface area contributed by atoms with Gasteiger partial charge in [0.15, 0.2) is 9.84 Å². The summed E-state index contributed by atoms with van der Waals surface area (Å²) in [6.45, 7) is 3.72. The van der Waals surface area contributed by atoms with Crippen molar-refractivity contribution in [2.75, 3.05) is 12.5 Å². The summed E-state index contributed by atoms with van der Waals surface area (Å²) in [6, 6.07) is -1.30. The van der Waals surface area contributed by atoms with Crippen LogP contribution in [0.15, 0.2) is 11.3 Å². The zero-order valence-corrected chi connectivity index (χ0v) is 17.7. The van der Waals surface area contributed by atoms with Gasteiger partial charge in [0.2, 0.25) is 18.6 Å². The molecular weight excluding hydrogens is 424 g/mol. The van der Waals surface area contributed by atoms with Gasteiger partial charge < -0.3 is 14.4 Å². The van der Waals surface area contributed by atoms with E-state index >= 15 is 0 Å². The molecule has 0 radical (unpaired) electrons. The van der Waals surface area contributed by atoms with Crippen molar-refractivity contribution < 1.29 is 37.1 Å². The number of carbonyl (C=O) groups is 4. The highest BCUT2D eigenvalue weighted by molar-refractivity contribution is 8.00. The van der Waals surface area contributed by atoms with Crippen molar-refractivity contribution in [3.63, 3.8) is 0 Å². The lowest BCUT2D eigenvalue weighted by Crippen LogP contribution is -2.57. The highest BCUT2D eigenvalue weighted by Crippen LogP contribution is 2.46.